The van der Waals surface area contributed by atoms with E-state index in [2.05, 4.69) is 70.0 Å². The fourth-order valence-corrected chi connectivity index (χ4v) is 3.97. The molecule has 0 unspecified atom stereocenters. The lowest BCUT2D eigenvalue weighted by molar-refractivity contribution is 0.401. The molecule has 0 N–H and O–H groups in total. The van der Waals surface area contributed by atoms with Gasteiger partial charge in [0, 0.05) is 32.0 Å². The number of aromatic nitrogens is 2. The molecule has 2 aliphatic heterocycles. The Kier molecular flexibility index (Phi) is 4.64. The molecule has 0 saturated heterocycles. The molecular weight excluding hydrogens is 370 g/mol. The number of hydrogen-bond acceptors (Lipinski definition) is 5. The molecule has 0 bridgehead atoms. The minimum Gasteiger partial charge on any atom is -0.338 e. The average Bonchev–Trinajstić information content (AvgIpc) is 2.81. The van der Waals surface area contributed by atoms with Gasteiger partial charge in [0.05, 0.1) is 11.4 Å². The lowest BCUT2D eigenvalue weighted by Gasteiger charge is -2.37. The third kappa shape index (κ3) is 3.39. The summed E-state index contributed by atoms with van der Waals surface area (Å²) in [5, 5.41) is 2.53. The molecule has 2 aliphatic rings. The summed E-state index contributed by atoms with van der Waals surface area (Å²) in [5.41, 5.74) is 5.11. The van der Waals surface area contributed by atoms with Crippen LogP contribution in [0.2, 0.25) is 0 Å². The van der Waals surface area contributed by atoms with Crippen molar-refractivity contribution in [3.8, 4) is 0 Å². The molecule has 0 fully saturated rings. The molecule has 0 aliphatic carbocycles. The normalized spacial score (nSPS) is 17.0. The van der Waals surface area contributed by atoms with Crippen LogP contribution in [0.4, 0.5) is 0 Å². The Morgan fingerprint density at radius 3 is 2.73 bits per heavy atom. The summed E-state index contributed by atoms with van der Waals surface area (Å²) in [6.07, 6.45) is 8.58. The summed E-state index contributed by atoms with van der Waals surface area (Å²) in [4.78, 5) is 17.7. The molecule has 3 heterocycles. The van der Waals surface area contributed by atoms with Crippen molar-refractivity contribution < 1.29 is 0 Å². The van der Waals surface area contributed by atoms with Gasteiger partial charge in [-0.1, -0.05) is 49.1 Å². The van der Waals surface area contributed by atoms with Crippen molar-refractivity contribution in [1.82, 2.24) is 19.8 Å². The highest BCUT2D eigenvalue weighted by atomic mass is 15.4. The predicted molar refractivity (Wildman–Crippen MR) is 122 cm³/mol. The number of allylic oxidation sites excluding steroid dienone is 1. The zero-order valence-corrected chi connectivity index (χ0v) is 17.0. The SMILES string of the molecule is C=C1C=C(c2ccncn2)N=C(N2CCC=C(c3ccc4ccccc4c3)C2)N1C. The summed E-state index contributed by atoms with van der Waals surface area (Å²) >= 11 is 0. The number of guanidine groups is 1. The maximum Gasteiger partial charge on any atom is 0.206 e. The van der Waals surface area contributed by atoms with Crippen molar-refractivity contribution in [2.45, 2.75) is 6.42 Å². The van der Waals surface area contributed by atoms with E-state index in [9.17, 15) is 0 Å². The van der Waals surface area contributed by atoms with Gasteiger partial charge >= 0.3 is 0 Å². The lowest BCUT2D eigenvalue weighted by atomic mass is 9.98. The van der Waals surface area contributed by atoms with Crippen molar-refractivity contribution in [3.05, 3.63) is 96.7 Å². The molecular formula is C25H23N5. The standard InChI is InChI=1S/C25H23N5/c1-18-14-24(23-11-12-26-17-27-23)28-25(29(18)2)30-13-5-8-22(16-30)21-10-9-19-6-3-4-7-20(19)15-21/h3-4,6-12,14-15,17H,1,5,13,16H2,2H3. The number of likely N-dealkylation sites (N-methyl/N-ethyl adjacent to an activating group) is 1. The summed E-state index contributed by atoms with van der Waals surface area (Å²) in [5.74, 6) is 0.905. The van der Waals surface area contributed by atoms with Crippen LogP contribution in [0.5, 0.6) is 0 Å². The molecule has 3 aromatic rings. The average molecular weight is 393 g/mol. The minimum atomic E-state index is 0.805. The lowest BCUT2D eigenvalue weighted by Crippen LogP contribution is -2.45. The predicted octanol–water partition coefficient (Wildman–Crippen LogP) is 4.58. The van der Waals surface area contributed by atoms with Crippen molar-refractivity contribution in [1.29, 1.82) is 0 Å². The van der Waals surface area contributed by atoms with E-state index < -0.39 is 0 Å². The van der Waals surface area contributed by atoms with E-state index in [0.717, 1.165) is 42.6 Å². The zero-order chi connectivity index (χ0) is 20.5. The van der Waals surface area contributed by atoms with Crippen LogP contribution < -0.4 is 0 Å². The van der Waals surface area contributed by atoms with Gasteiger partial charge in [-0.3, -0.25) is 0 Å². The smallest absolute Gasteiger partial charge is 0.206 e. The fraction of sp³-hybridized carbons (Fsp3) is 0.160. The van der Waals surface area contributed by atoms with E-state index >= 15 is 0 Å². The van der Waals surface area contributed by atoms with Gasteiger partial charge < -0.3 is 9.80 Å². The molecule has 0 atom stereocenters. The number of hydrogen-bond donors (Lipinski definition) is 0. The molecule has 0 saturated carbocycles. The minimum absolute atomic E-state index is 0.805. The van der Waals surface area contributed by atoms with Crippen LogP contribution in [0.15, 0.2) is 90.5 Å². The second kappa shape index (κ2) is 7.59. The van der Waals surface area contributed by atoms with E-state index in [1.165, 1.54) is 21.9 Å². The third-order valence-corrected chi connectivity index (χ3v) is 5.65. The van der Waals surface area contributed by atoms with Crippen molar-refractivity contribution in [3.63, 3.8) is 0 Å². The Morgan fingerprint density at radius 1 is 1.03 bits per heavy atom. The van der Waals surface area contributed by atoms with Crippen LogP contribution in [0.1, 0.15) is 17.7 Å². The van der Waals surface area contributed by atoms with Gasteiger partial charge in [0.2, 0.25) is 5.96 Å². The van der Waals surface area contributed by atoms with Gasteiger partial charge in [-0.15, -0.1) is 0 Å². The first kappa shape index (κ1) is 18.3. The first-order valence-corrected chi connectivity index (χ1v) is 10.1. The van der Waals surface area contributed by atoms with Crippen molar-refractivity contribution in [2.75, 3.05) is 20.1 Å². The molecule has 0 radical (unpaired) electrons. The first-order chi connectivity index (χ1) is 14.7. The Labute approximate surface area is 176 Å². The van der Waals surface area contributed by atoms with Crippen LogP contribution in [-0.2, 0) is 0 Å². The van der Waals surface area contributed by atoms with Gasteiger partial charge in [0.1, 0.15) is 6.33 Å². The third-order valence-electron chi connectivity index (χ3n) is 5.65. The topological polar surface area (TPSA) is 44.6 Å². The monoisotopic (exact) mass is 393 g/mol. The largest absolute Gasteiger partial charge is 0.338 e. The number of benzene rings is 2. The summed E-state index contributed by atoms with van der Waals surface area (Å²) in [7, 11) is 2.02. The Bertz CT molecular complexity index is 1210. The van der Waals surface area contributed by atoms with Gasteiger partial charge in [0.15, 0.2) is 0 Å². The number of fused-ring (bicyclic) bond motifs is 1. The second-order valence-electron chi connectivity index (χ2n) is 7.59. The fourth-order valence-electron chi connectivity index (χ4n) is 3.97. The van der Waals surface area contributed by atoms with Crippen LogP contribution >= 0.6 is 0 Å². The van der Waals surface area contributed by atoms with Gasteiger partial charge in [-0.05, 0) is 46.5 Å². The van der Waals surface area contributed by atoms with E-state index in [4.69, 9.17) is 4.99 Å². The summed E-state index contributed by atoms with van der Waals surface area (Å²) in [6, 6.07) is 17.1. The molecule has 5 rings (SSSR count). The highest BCUT2D eigenvalue weighted by Crippen LogP contribution is 2.28. The molecule has 5 nitrogen and oxygen atoms in total. The van der Waals surface area contributed by atoms with E-state index in [1.807, 2.05) is 24.1 Å². The Morgan fingerprint density at radius 2 is 1.90 bits per heavy atom. The number of nitrogens with zero attached hydrogens (tertiary/aromatic N) is 5. The highest BCUT2D eigenvalue weighted by Gasteiger charge is 2.25. The summed E-state index contributed by atoms with van der Waals surface area (Å²) < 4.78 is 0. The zero-order valence-electron chi connectivity index (χ0n) is 17.0. The van der Waals surface area contributed by atoms with Gasteiger partial charge in [-0.2, -0.15) is 0 Å². The van der Waals surface area contributed by atoms with Gasteiger partial charge in [0.25, 0.3) is 0 Å². The molecule has 2 aromatic carbocycles. The van der Waals surface area contributed by atoms with Crippen molar-refractivity contribution in [2.24, 2.45) is 4.99 Å². The molecule has 0 amide bonds. The molecule has 30 heavy (non-hydrogen) atoms. The van der Waals surface area contributed by atoms with Crippen molar-refractivity contribution >= 4 is 28.0 Å². The number of aliphatic imine (C=N–C) groups is 1. The van der Waals surface area contributed by atoms with E-state index in [1.54, 1.807) is 12.5 Å². The maximum atomic E-state index is 4.94. The first-order valence-electron chi connectivity index (χ1n) is 10.1. The van der Waals surface area contributed by atoms with Gasteiger partial charge in [-0.25, -0.2) is 15.0 Å². The number of rotatable bonds is 2. The maximum absolute atomic E-state index is 4.94. The quantitative estimate of drug-likeness (QED) is 0.640. The van der Waals surface area contributed by atoms with E-state index in [-0.39, 0.29) is 0 Å². The van der Waals surface area contributed by atoms with E-state index in [0.29, 0.717) is 0 Å². The van der Waals surface area contributed by atoms with Crippen LogP contribution in [0.25, 0.3) is 22.0 Å². The molecule has 0 spiro atoms. The van der Waals surface area contributed by atoms with Crippen LogP contribution in [0, 0.1) is 0 Å². The van der Waals surface area contributed by atoms with Crippen LogP contribution in [0.3, 0.4) is 0 Å². The highest BCUT2D eigenvalue weighted by molar-refractivity contribution is 5.92. The second-order valence-corrected chi connectivity index (χ2v) is 7.59. The van der Waals surface area contributed by atoms with Crippen LogP contribution in [-0.4, -0.2) is 45.9 Å². The summed E-state index contributed by atoms with van der Waals surface area (Å²) in [6.45, 7) is 5.94. The molecule has 5 heteroatoms. The Hall–Kier alpha value is -3.73. The Balaban J connectivity index is 1.45. The molecule has 148 valence electrons. The molecule has 1 aromatic heterocycles.